The molecule has 1 heterocycles. The summed E-state index contributed by atoms with van der Waals surface area (Å²) in [4.78, 5) is 18.5. The fraction of sp³-hybridized carbons (Fsp3) is 0.286. The third-order valence-electron chi connectivity index (χ3n) is 4.41. The van der Waals surface area contributed by atoms with Crippen LogP contribution in [0.4, 0.5) is 5.69 Å². The first-order chi connectivity index (χ1) is 14.0. The van der Waals surface area contributed by atoms with Gasteiger partial charge in [-0.1, -0.05) is 11.2 Å². The first-order valence-electron chi connectivity index (χ1n) is 9.12. The molecule has 1 aromatic heterocycles. The summed E-state index contributed by atoms with van der Waals surface area (Å²) in [5.74, 6) is 1.22. The van der Waals surface area contributed by atoms with Crippen LogP contribution in [0.5, 0.6) is 11.5 Å². The van der Waals surface area contributed by atoms with E-state index in [1.165, 1.54) is 0 Å². The van der Waals surface area contributed by atoms with Crippen molar-refractivity contribution in [3.05, 3.63) is 53.9 Å². The first kappa shape index (κ1) is 20.2. The lowest BCUT2D eigenvalue weighted by Crippen LogP contribution is -2.26. The summed E-state index contributed by atoms with van der Waals surface area (Å²) in [6.45, 7) is 0.420. The molecule has 2 aromatic carbocycles. The Labute approximate surface area is 169 Å². The zero-order valence-electron chi connectivity index (χ0n) is 16.9. The molecule has 0 saturated heterocycles. The number of rotatable bonds is 8. The molecule has 0 fully saturated rings. The van der Waals surface area contributed by atoms with E-state index in [0.717, 1.165) is 16.8 Å². The topological polar surface area (TPSA) is 89.7 Å². The molecule has 0 radical (unpaired) electrons. The van der Waals surface area contributed by atoms with Crippen molar-refractivity contribution in [2.24, 2.45) is 0 Å². The second-order valence-electron chi connectivity index (χ2n) is 6.56. The number of nitrogens with one attached hydrogen (secondary N) is 1. The number of hydrogen-bond acceptors (Lipinski definition) is 7. The molecule has 3 rings (SSSR count). The quantitative estimate of drug-likeness (QED) is 0.626. The summed E-state index contributed by atoms with van der Waals surface area (Å²) < 4.78 is 15.6. The standard InChI is InChI=1S/C21H24N4O4/c1-25(2)16-8-6-15(7-9-16)19-23-21(29-24-19)20(26)22-12-11-14-5-10-17(27-3)18(13-14)28-4/h5-10,13H,11-12H2,1-4H3,(H,22,26). The van der Waals surface area contributed by atoms with Gasteiger partial charge in [0.2, 0.25) is 5.82 Å². The lowest BCUT2D eigenvalue weighted by atomic mass is 10.1. The van der Waals surface area contributed by atoms with E-state index in [4.69, 9.17) is 14.0 Å². The van der Waals surface area contributed by atoms with E-state index in [1.807, 2.05) is 61.5 Å². The fourth-order valence-corrected chi connectivity index (χ4v) is 2.77. The van der Waals surface area contributed by atoms with Gasteiger partial charge in [-0.05, 0) is 48.4 Å². The van der Waals surface area contributed by atoms with Gasteiger partial charge in [0.05, 0.1) is 14.2 Å². The number of carbonyl (C=O) groups is 1. The molecule has 1 N–H and O–H groups in total. The zero-order valence-corrected chi connectivity index (χ0v) is 16.9. The molecule has 152 valence electrons. The number of carbonyl (C=O) groups excluding carboxylic acids is 1. The summed E-state index contributed by atoms with van der Waals surface area (Å²) in [6, 6.07) is 13.3. The molecule has 0 atom stereocenters. The third kappa shape index (κ3) is 4.84. The molecule has 0 aliphatic carbocycles. The van der Waals surface area contributed by atoms with Crippen molar-refractivity contribution in [2.75, 3.05) is 39.8 Å². The molecule has 0 saturated carbocycles. The van der Waals surface area contributed by atoms with Crippen LogP contribution in [-0.2, 0) is 6.42 Å². The van der Waals surface area contributed by atoms with Gasteiger partial charge in [-0.2, -0.15) is 4.98 Å². The van der Waals surface area contributed by atoms with Crippen molar-refractivity contribution < 1.29 is 18.8 Å². The maximum absolute atomic E-state index is 12.3. The normalized spacial score (nSPS) is 10.5. The Hall–Kier alpha value is -3.55. The van der Waals surface area contributed by atoms with Gasteiger partial charge < -0.3 is 24.2 Å². The molecule has 1 amide bonds. The lowest BCUT2D eigenvalue weighted by Gasteiger charge is -2.11. The van der Waals surface area contributed by atoms with E-state index < -0.39 is 5.91 Å². The van der Waals surface area contributed by atoms with Crippen LogP contribution >= 0.6 is 0 Å². The maximum atomic E-state index is 12.3. The van der Waals surface area contributed by atoms with Gasteiger partial charge in [-0.15, -0.1) is 0 Å². The molecular formula is C21H24N4O4. The molecule has 8 heteroatoms. The highest BCUT2D eigenvalue weighted by molar-refractivity contribution is 5.89. The summed E-state index contributed by atoms with van der Waals surface area (Å²) in [7, 11) is 7.11. The van der Waals surface area contributed by atoms with E-state index in [9.17, 15) is 4.79 Å². The summed E-state index contributed by atoms with van der Waals surface area (Å²) in [5.41, 5.74) is 2.85. The zero-order chi connectivity index (χ0) is 20.8. The van der Waals surface area contributed by atoms with Crippen molar-refractivity contribution in [2.45, 2.75) is 6.42 Å². The maximum Gasteiger partial charge on any atom is 0.316 e. The third-order valence-corrected chi connectivity index (χ3v) is 4.41. The number of benzene rings is 2. The van der Waals surface area contributed by atoms with Crippen LogP contribution in [0.2, 0.25) is 0 Å². The van der Waals surface area contributed by atoms with E-state index in [1.54, 1.807) is 14.2 Å². The van der Waals surface area contributed by atoms with Crippen molar-refractivity contribution >= 4 is 11.6 Å². The average Bonchev–Trinajstić information content (AvgIpc) is 3.24. The molecular weight excluding hydrogens is 372 g/mol. The predicted molar refractivity (Wildman–Crippen MR) is 110 cm³/mol. The van der Waals surface area contributed by atoms with Crippen LogP contribution in [0.15, 0.2) is 47.0 Å². The number of aromatic nitrogens is 2. The SMILES string of the molecule is COc1ccc(CCNC(=O)c2nc(-c3ccc(N(C)C)cc3)no2)cc1OC. The van der Waals surface area contributed by atoms with Gasteiger partial charge in [0.1, 0.15) is 0 Å². The fourth-order valence-electron chi connectivity index (χ4n) is 2.77. The Balaban J connectivity index is 1.58. The summed E-state index contributed by atoms with van der Waals surface area (Å²) in [6.07, 6.45) is 0.624. The van der Waals surface area contributed by atoms with E-state index in [0.29, 0.717) is 30.3 Å². The number of anilines is 1. The minimum atomic E-state index is -0.408. The molecule has 3 aromatic rings. The summed E-state index contributed by atoms with van der Waals surface area (Å²) >= 11 is 0. The second-order valence-corrected chi connectivity index (χ2v) is 6.56. The highest BCUT2D eigenvalue weighted by Gasteiger charge is 2.16. The highest BCUT2D eigenvalue weighted by atomic mass is 16.5. The Morgan fingerprint density at radius 2 is 1.79 bits per heavy atom. The minimum Gasteiger partial charge on any atom is -0.493 e. The largest absolute Gasteiger partial charge is 0.493 e. The molecule has 29 heavy (non-hydrogen) atoms. The van der Waals surface area contributed by atoms with Crippen LogP contribution < -0.4 is 19.7 Å². The Kier molecular flexibility index (Phi) is 6.33. The molecule has 8 nitrogen and oxygen atoms in total. The van der Waals surface area contributed by atoms with E-state index in [-0.39, 0.29) is 5.89 Å². The van der Waals surface area contributed by atoms with Crippen molar-refractivity contribution in [3.63, 3.8) is 0 Å². The lowest BCUT2D eigenvalue weighted by molar-refractivity contribution is 0.0910. The number of amides is 1. The van der Waals surface area contributed by atoms with E-state index in [2.05, 4.69) is 15.5 Å². The number of nitrogens with zero attached hydrogens (tertiary/aromatic N) is 3. The van der Waals surface area contributed by atoms with Crippen LogP contribution in [0.25, 0.3) is 11.4 Å². The van der Waals surface area contributed by atoms with Gasteiger partial charge in [-0.25, -0.2) is 0 Å². The van der Waals surface area contributed by atoms with Gasteiger partial charge >= 0.3 is 11.8 Å². The van der Waals surface area contributed by atoms with Gasteiger partial charge in [0, 0.05) is 31.9 Å². The number of hydrogen-bond donors (Lipinski definition) is 1. The Bertz CT molecular complexity index is 967. The van der Waals surface area contributed by atoms with E-state index >= 15 is 0 Å². The molecule has 0 bridgehead atoms. The monoisotopic (exact) mass is 396 g/mol. The first-order valence-corrected chi connectivity index (χ1v) is 9.12. The van der Waals surface area contributed by atoms with Crippen LogP contribution in [-0.4, -0.2) is 50.9 Å². The molecule has 0 unspecified atom stereocenters. The second kappa shape index (κ2) is 9.09. The van der Waals surface area contributed by atoms with Gasteiger partial charge in [-0.3, -0.25) is 4.79 Å². The van der Waals surface area contributed by atoms with Crippen molar-refractivity contribution in [1.82, 2.24) is 15.5 Å². The number of ether oxygens (including phenoxy) is 2. The molecule has 0 aliphatic heterocycles. The van der Waals surface area contributed by atoms with Gasteiger partial charge in [0.25, 0.3) is 0 Å². The average molecular weight is 396 g/mol. The van der Waals surface area contributed by atoms with Crippen molar-refractivity contribution in [1.29, 1.82) is 0 Å². The smallest absolute Gasteiger partial charge is 0.316 e. The molecule has 0 spiro atoms. The number of methoxy groups -OCH3 is 2. The van der Waals surface area contributed by atoms with Crippen LogP contribution in [0.1, 0.15) is 16.2 Å². The highest BCUT2D eigenvalue weighted by Crippen LogP contribution is 2.27. The van der Waals surface area contributed by atoms with Gasteiger partial charge in [0.15, 0.2) is 11.5 Å². The Morgan fingerprint density at radius 1 is 1.07 bits per heavy atom. The van der Waals surface area contributed by atoms with Crippen molar-refractivity contribution in [3.8, 4) is 22.9 Å². The van der Waals surface area contributed by atoms with Crippen LogP contribution in [0, 0.1) is 0 Å². The van der Waals surface area contributed by atoms with Crippen LogP contribution in [0.3, 0.4) is 0 Å². The minimum absolute atomic E-state index is 0.0657. The summed E-state index contributed by atoms with van der Waals surface area (Å²) in [5, 5.41) is 6.69. The Morgan fingerprint density at radius 3 is 2.45 bits per heavy atom. The predicted octanol–water partition coefficient (Wildman–Crippen LogP) is 2.79. The molecule has 0 aliphatic rings.